The molecule has 0 aromatic carbocycles. The van der Waals surface area contributed by atoms with Gasteiger partial charge in [0.2, 0.25) is 5.91 Å². The van der Waals surface area contributed by atoms with Gasteiger partial charge < -0.3 is 0 Å². The van der Waals surface area contributed by atoms with Crippen LogP contribution in [0.4, 0.5) is 13.2 Å². The summed E-state index contributed by atoms with van der Waals surface area (Å²) in [6.45, 7) is 0. The zero-order chi connectivity index (χ0) is 13.1. The number of nitrogens with one attached hydrogen (secondary N) is 1. The van der Waals surface area contributed by atoms with Crippen LogP contribution in [0.2, 0.25) is 5.02 Å². The smallest absolute Gasteiger partial charge is 0.294 e. The normalized spacial score (nSPS) is 11.4. The minimum atomic E-state index is -4.49. The van der Waals surface area contributed by atoms with Gasteiger partial charge in [0.15, 0.2) is 0 Å². The highest BCUT2D eigenvalue weighted by Gasteiger charge is 2.31. The van der Waals surface area contributed by atoms with Crippen LogP contribution < -0.4 is 11.3 Å². The molecule has 0 unspecified atom stereocenters. The van der Waals surface area contributed by atoms with Gasteiger partial charge in [-0.05, 0) is 6.07 Å². The van der Waals surface area contributed by atoms with Crippen molar-refractivity contribution < 1.29 is 18.0 Å². The average Bonchev–Trinajstić information content (AvgIpc) is 2.25. The van der Waals surface area contributed by atoms with Gasteiger partial charge in [-0.25, -0.2) is 10.8 Å². The fourth-order valence-corrected chi connectivity index (χ4v) is 1.87. The van der Waals surface area contributed by atoms with Gasteiger partial charge in [0.05, 0.1) is 16.3 Å². The molecule has 0 radical (unpaired) electrons. The van der Waals surface area contributed by atoms with E-state index in [1.807, 2.05) is 5.43 Å². The lowest BCUT2D eigenvalue weighted by atomic mass is 10.3. The molecule has 1 amide bonds. The molecule has 94 valence electrons. The quantitative estimate of drug-likeness (QED) is 0.385. The van der Waals surface area contributed by atoms with Crippen molar-refractivity contribution in [2.75, 3.05) is 5.75 Å². The van der Waals surface area contributed by atoms with Gasteiger partial charge in [-0.2, -0.15) is 13.2 Å². The number of nitrogens with two attached hydrogens (primary N) is 1. The van der Waals surface area contributed by atoms with Crippen molar-refractivity contribution in [3.05, 3.63) is 22.8 Å². The van der Waals surface area contributed by atoms with Crippen LogP contribution in [-0.4, -0.2) is 16.6 Å². The lowest BCUT2D eigenvalue weighted by Crippen LogP contribution is -2.31. The Morgan fingerprint density at radius 1 is 1.59 bits per heavy atom. The van der Waals surface area contributed by atoms with E-state index in [9.17, 15) is 18.0 Å². The van der Waals surface area contributed by atoms with Gasteiger partial charge in [0.25, 0.3) is 0 Å². The fourth-order valence-electron chi connectivity index (χ4n) is 0.862. The maximum Gasteiger partial charge on any atom is 0.417 e. The number of amides is 1. The van der Waals surface area contributed by atoms with E-state index in [1.54, 1.807) is 0 Å². The molecule has 0 spiro atoms. The second-order valence-corrected chi connectivity index (χ2v) is 4.24. The van der Waals surface area contributed by atoms with E-state index in [2.05, 4.69) is 4.98 Å². The number of carbonyl (C=O) groups excluding carboxylic acids is 1. The first-order valence-electron chi connectivity index (χ1n) is 4.19. The van der Waals surface area contributed by atoms with Crippen LogP contribution in [0, 0.1) is 0 Å². The number of carbonyl (C=O) groups is 1. The van der Waals surface area contributed by atoms with Crippen molar-refractivity contribution in [1.29, 1.82) is 0 Å². The summed E-state index contributed by atoms with van der Waals surface area (Å²) in [5.74, 6) is 4.29. The number of pyridine rings is 1. The Labute approximate surface area is 104 Å². The molecule has 0 fully saturated rings. The SMILES string of the molecule is NNC(=O)CSc1ncc(C(F)(F)F)cc1Cl. The Morgan fingerprint density at radius 2 is 2.24 bits per heavy atom. The van der Waals surface area contributed by atoms with Gasteiger partial charge in [0.1, 0.15) is 5.03 Å². The van der Waals surface area contributed by atoms with Gasteiger partial charge in [-0.3, -0.25) is 10.2 Å². The molecule has 9 heteroatoms. The number of hydrogen-bond donors (Lipinski definition) is 2. The second kappa shape index (κ2) is 5.56. The molecule has 1 aromatic heterocycles. The van der Waals surface area contributed by atoms with E-state index in [-0.39, 0.29) is 15.8 Å². The van der Waals surface area contributed by atoms with Crippen molar-refractivity contribution in [3.63, 3.8) is 0 Å². The third-order valence-electron chi connectivity index (χ3n) is 1.64. The molecular formula is C8H7ClF3N3OS. The van der Waals surface area contributed by atoms with Crippen LogP contribution >= 0.6 is 23.4 Å². The summed E-state index contributed by atoms with van der Waals surface area (Å²) in [5, 5.41) is -0.0158. The Balaban J connectivity index is 2.80. The van der Waals surface area contributed by atoms with Gasteiger partial charge >= 0.3 is 6.18 Å². The van der Waals surface area contributed by atoms with Crippen LogP contribution in [0.3, 0.4) is 0 Å². The van der Waals surface area contributed by atoms with Gasteiger partial charge in [-0.1, -0.05) is 23.4 Å². The first-order valence-corrected chi connectivity index (χ1v) is 5.56. The lowest BCUT2D eigenvalue weighted by Gasteiger charge is -2.08. The number of hydrazine groups is 1. The largest absolute Gasteiger partial charge is 0.417 e. The molecule has 0 aliphatic carbocycles. The summed E-state index contributed by atoms with van der Waals surface area (Å²) in [6.07, 6.45) is -3.83. The Morgan fingerprint density at radius 3 is 2.71 bits per heavy atom. The molecule has 0 bridgehead atoms. The number of thioether (sulfide) groups is 1. The predicted molar refractivity (Wildman–Crippen MR) is 57.3 cm³/mol. The standard InChI is InChI=1S/C8H7ClF3N3OS/c9-5-1-4(8(10,11)12)2-14-7(5)17-3-6(16)15-13/h1-2H,3,13H2,(H,15,16). The van der Waals surface area contributed by atoms with Crippen LogP contribution in [0.5, 0.6) is 0 Å². The molecule has 1 rings (SSSR count). The van der Waals surface area contributed by atoms with Crippen molar-refractivity contribution in [3.8, 4) is 0 Å². The van der Waals surface area contributed by atoms with Crippen molar-refractivity contribution in [2.45, 2.75) is 11.2 Å². The van der Waals surface area contributed by atoms with Gasteiger partial charge in [-0.15, -0.1) is 0 Å². The number of halogens is 4. The summed E-state index contributed by atoms with van der Waals surface area (Å²) in [7, 11) is 0. The Kier molecular flexibility index (Phi) is 4.61. The van der Waals surface area contributed by atoms with Crippen LogP contribution in [0.25, 0.3) is 0 Å². The van der Waals surface area contributed by atoms with Gasteiger partial charge in [0, 0.05) is 6.20 Å². The molecule has 0 atom stereocenters. The second-order valence-electron chi connectivity index (χ2n) is 2.86. The molecule has 1 heterocycles. The first kappa shape index (κ1) is 14.1. The molecule has 17 heavy (non-hydrogen) atoms. The maximum atomic E-state index is 12.3. The molecule has 0 saturated heterocycles. The van der Waals surface area contributed by atoms with Crippen molar-refractivity contribution >= 4 is 29.3 Å². The topological polar surface area (TPSA) is 68.0 Å². The summed E-state index contributed by atoms with van der Waals surface area (Å²) in [5.41, 5.74) is 0.945. The molecule has 1 aromatic rings. The van der Waals surface area contributed by atoms with Crippen molar-refractivity contribution in [1.82, 2.24) is 10.4 Å². The highest BCUT2D eigenvalue weighted by molar-refractivity contribution is 8.00. The molecule has 0 aliphatic rings. The Hall–Kier alpha value is -0.990. The number of alkyl halides is 3. The number of nitrogens with zero attached hydrogens (tertiary/aromatic N) is 1. The summed E-state index contributed by atoms with van der Waals surface area (Å²) >= 11 is 6.51. The number of hydrogen-bond acceptors (Lipinski definition) is 4. The number of aromatic nitrogens is 1. The van der Waals surface area contributed by atoms with Crippen LogP contribution in [0.15, 0.2) is 17.3 Å². The third-order valence-corrected chi connectivity index (χ3v) is 3.04. The van der Waals surface area contributed by atoms with Crippen LogP contribution in [0.1, 0.15) is 5.56 Å². The van der Waals surface area contributed by atoms with E-state index in [0.717, 1.165) is 17.8 Å². The zero-order valence-corrected chi connectivity index (χ0v) is 9.79. The highest BCUT2D eigenvalue weighted by Crippen LogP contribution is 2.33. The first-order chi connectivity index (χ1) is 7.84. The molecule has 4 nitrogen and oxygen atoms in total. The minimum Gasteiger partial charge on any atom is -0.294 e. The van der Waals surface area contributed by atoms with Crippen molar-refractivity contribution in [2.24, 2.45) is 5.84 Å². The molecular weight excluding hydrogens is 279 g/mol. The van der Waals surface area contributed by atoms with Crippen LogP contribution in [-0.2, 0) is 11.0 Å². The van der Waals surface area contributed by atoms with E-state index in [4.69, 9.17) is 17.4 Å². The predicted octanol–water partition coefficient (Wildman–Crippen LogP) is 1.84. The summed E-state index contributed by atoms with van der Waals surface area (Å²) in [6, 6.07) is 0.761. The van der Waals surface area contributed by atoms with E-state index >= 15 is 0 Å². The average molecular weight is 286 g/mol. The van der Waals surface area contributed by atoms with E-state index in [0.29, 0.717) is 6.20 Å². The number of rotatable bonds is 3. The van der Waals surface area contributed by atoms with E-state index in [1.165, 1.54) is 0 Å². The molecule has 0 saturated carbocycles. The maximum absolute atomic E-state index is 12.3. The third kappa shape index (κ3) is 4.06. The zero-order valence-electron chi connectivity index (χ0n) is 8.21. The molecule has 3 N–H and O–H groups in total. The Bertz CT molecular complexity index is 427. The molecule has 0 aliphatic heterocycles. The minimum absolute atomic E-state index is 0.0748. The summed E-state index contributed by atoms with van der Waals surface area (Å²) < 4.78 is 36.8. The summed E-state index contributed by atoms with van der Waals surface area (Å²) in [4.78, 5) is 14.4. The fraction of sp³-hybridized carbons (Fsp3) is 0.250. The monoisotopic (exact) mass is 285 g/mol. The van der Waals surface area contributed by atoms with E-state index < -0.39 is 17.6 Å². The lowest BCUT2D eigenvalue weighted by molar-refractivity contribution is -0.137. The highest BCUT2D eigenvalue weighted by atomic mass is 35.5.